The molecule has 0 bridgehead atoms. The predicted octanol–water partition coefficient (Wildman–Crippen LogP) is 2.14. The van der Waals surface area contributed by atoms with Crippen molar-refractivity contribution < 1.29 is 17.9 Å². The van der Waals surface area contributed by atoms with Crippen LogP contribution in [0.25, 0.3) is 0 Å². The van der Waals surface area contributed by atoms with E-state index in [0.717, 1.165) is 31.7 Å². The lowest BCUT2D eigenvalue weighted by molar-refractivity contribution is 0.309. The number of nitrogens with one attached hydrogen (secondary N) is 1. The molecule has 1 saturated heterocycles. The fraction of sp³-hybridized carbons (Fsp3) is 0.474. The molecule has 28 heavy (non-hydrogen) atoms. The molecule has 1 aromatic heterocycles. The molecule has 152 valence electrons. The smallest absolute Gasteiger partial charge is 0.244 e. The standard InChI is InChI=1S/C19H26N4O4S/c1-15-21-18(23-11-6-3-7-12-23)14-19(22-15)27-13-10-20-28(24,25)17-9-5-4-8-16(17)26-2/h4-5,8-9,14,20H,3,6-7,10-13H2,1-2H3. The van der Waals surface area contributed by atoms with Gasteiger partial charge in [-0.25, -0.2) is 18.1 Å². The van der Waals surface area contributed by atoms with Gasteiger partial charge in [-0.2, -0.15) is 4.98 Å². The number of nitrogens with zero attached hydrogens (tertiary/aromatic N) is 3. The largest absolute Gasteiger partial charge is 0.495 e. The highest BCUT2D eigenvalue weighted by molar-refractivity contribution is 7.89. The van der Waals surface area contributed by atoms with Crippen LogP contribution in [0, 0.1) is 6.92 Å². The Morgan fingerprint density at radius 1 is 1.14 bits per heavy atom. The number of hydrogen-bond donors (Lipinski definition) is 1. The molecule has 3 rings (SSSR count). The summed E-state index contributed by atoms with van der Waals surface area (Å²) in [6, 6.07) is 8.29. The summed E-state index contributed by atoms with van der Waals surface area (Å²) in [4.78, 5) is 11.1. The maximum Gasteiger partial charge on any atom is 0.244 e. The molecule has 1 N–H and O–H groups in total. The normalized spacial score (nSPS) is 14.7. The number of para-hydroxylation sites is 1. The molecule has 0 radical (unpaired) electrons. The second-order valence-corrected chi connectivity index (χ2v) is 8.29. The first-order valence-electron chi connectivity index (χ1n) is 9.36. The topological polar surface area (TPSA) is 93.7 Å². The van der Waals surface area contributed by atoms with Gasteiger partial charge in [0, 0.05) is 25.7 Å². The predicted molar refractivity (Wildman–Crippen MR) is 107 cm³/mol. The monoisotopic (exact) mass is 406 g/mol. The first-order valence-corrected chi connectivity index (χ1v) is 10.8. The summed E-state index contributed by atoms with van der Waals surface area (Å²) in [6.45, 7) is 4.06. The number of aryl methyl sites for hydroxylation is 1. The molecule has 9 heteroatoms. The second kappa shape index (κ2) is 9.20. The minimum Gasteiger partial charge on any atom is -0.495 e. The SMILES string of the molecule is COc1ccccc1S(=O)(=O)NCCOc1cc(N2CCCCC2)nc(C)n1. The number of rotatable bonds is 8. The summed E-state index contributed by atoms with van der Waals surface area (Å²) in [7, 11) is -2.25. The number of ether oxygens (including phenoxy) is 2. The highest BCUT2D eigenvalue weighted by atomic mass is 32.2. The van der Waals surface area contributed by atoms with Gasteiger partial charge in [-0.1, -0.05) is 12.1 Å². The van der Waals surface area contributed by atoms with Gasteiger partial charge < -0.3 is 14.4 Å². The van der Waals surface area contributed by atoms with Crippen LogP contribution in [0.5, 0.6) is 11.6 Å². The minimum atomic E-state index is -3.69. The number of sulfonamides is 1. The fourth-order valence-corrected chi connectivity index (χ4v) is 4.32. The molecule has 0 amide bonds. The van der Waals surface area contributed by atoms with Crippen molar-refractivity contribution >= 4 is 15.8 Å². The quantitative estimate of drug-likeness (QED) is 0.671. The Hall–Kier alpha value is -2.39. The van der Waals surface area contributed by atoms with Crippen molar-refractivity contribution in [2.45, 2.75) is 31.1 Å². The number of benzene rings is 1. The number of anilines is 1. The summed E-state index contributed by atoms with van der Waals surface area (Å²) in [5, 5.41) is 0. The lowest BCUT2D eigenvalue weighted by atomic mass is 10.1. The van der Waals surface area contributed by atoms with Crippen LogP contribution in [0.3, 0.4) is 0 Å². The molecule has 0 aliphatic carbocycles. The van der Waals surface area contributed by atoms with Gasteiger partial charge in [0.1, 0.15) is 28.9 Å². The van der Waals surface area contributed by atoms with Crippen LogP contribution in [0.4, 0.5) is 5.82 Å². The minimum absolute atomic E-state index is 0.0998. The zero-order valence-electron chi connectivity index (χ0n) is 16.2. The van der Waals surface area contributed by atoms with Crippen molar-refractivity contribution in [3.8, 4) is 11.6 Å². The van der Waals surface area contributed by atoms with E-state index in [4.69, 9.17) is 9.47 Å². The van der Waals surface area contributed by atoms with Gasteiger partial charge in [0.05, 0.1) is 7.11 Å². The number of aromatic nitrogens is 2. The van der Waals surface area contributed by atoms with Crippen LogP contribution in [-0.4, -0.2) is 51.7 Å². The molecule has 1 aliphatic heterocycles. The van der Waals surface area contributed by atoms with Gasteiger partial charge in [-0.15, -0.1) is 0 Å². The van der Waals surface area contributed by atoms with Crippen molar-refractivity contribution in [1.82, 2.24) is 14.7 Å². The molecule has 0 atom stereocenters. The third kappa shape index (κ3) is 5.11. The molecule has 1 aliphatic rings. The van der Waals surface area contributed by atoms with E-state index >= 15 is 0 Å². The summed E-state index contributed by atoms with van der Waals surface area (Å²) >= 11 is 0. The molecule has 0 saturated carbocycles. The molecule has 0 spiro atoms. The summed E-state index contributed by atoms with van der Waals surface area (Å²) in [5.41, 5.74) is 0. The van der Waals surface area contributed by atoms with Crippen LogP contribution >= 0.6 is 0 Å². The zero-order valence-corrected chi connectivity index (χ0v) is 17.0. The third-order valence-corrected chi connectivity index (χ3v) is 5.98. The van der Waals surface area contributed by atoms with Gasteiger partial charge in [-0.05, 0) is 38.3 Å². The van der Waals surface area contributed by atoms with Gasteiger partial charge in [0.2, 0.25) is 15.9 Å². The average Bonchev–Trinajstić information content (AvgIpc) is 2.71. The molecule has 2 heterocycles. The second-order valence-electron chi connectivity index (χ2n) is 6.56. The molecule has 8 nitrogen and oxygen atoms in total. The van der Waals surface area contributed by atoms with Crippen molar-refractivity contribution in [2.24, 2.45) is 0 Å². The maximum atomic E-state index is 12.5. The lowest BCUT2D eigenvalue weighted by Crippen LogP contribution is -2.30. The van der Waals surface area contributed by atoms with E-state index in [2.05, 4.69) is 19.6 Å². The van der Waals surface area contributed by atoms with Crippen molar-refractivity contribution in [3.05, 3.63) is 36.2 Å². The van der Waals surface area contributed by atoms with E-state index in [0.29, 0.717) is 17.5 Å². The van der Waals surface area contributed by atoms with Gasteiger partial charge in [-0.3, -0.25) is 0 Å². The van der Waals surface area contributed by atoms with Gasteiger partial charge in [0.15, 0.2) is 0 Å². The van der Waals surface area contributed by atoms with Crippen molar-refractivity contribution in [3.63, 3.8) is 0 Å². The molecular weight excluding hydrogens is 380 g/mol. The Labute approximate surface area is 166 Å². The van der Waals surface area contributed by atoms with Gasteiger partial charge >= 0.3 is 0 Å². The van der Waals surface area contributed by atoms with Crippen LogP contribution in [0.1, 0.15) is 25.1 Å². The summed E-state index contributed by atoms with van der Waals surface area (Å²) in [6.07, 6.45) is 3.56. The average molecular weight is 407 g/mol. The maximum absolute atomic E-state index is 12.5. The van der Waals surface area contributed by atoms with E-state index in [-0.39, 0.29) is 18.0 Å². The number of methoxy groups -OCH3 is 1. The van der Waals surface area contributed by atoms with E-state index in [1.807, 2.05) is 13.0 Å². The van der Waals surface area contributed by atoms with Crippen molar-refractivity contribution in [1.29, 1.82) is 0 Å². The number of hydrogen-bond acceptors (Lipinski definition) is 7. The van der Waals surface area contributed by atoms with Crippen LogP contribution in [0.2, 0.25) is 0 Å². The van der Waals surface area contributed by atoms with E-state index in [1.165, 1.54) is 19.6 Å². The Morgan fingerprint density at radius 2 is 1.89 bits per heavy atom. The van der Waals surface area contributed by atoms with Crippen LogP contribution < -0.4 is 19.1 Å². The van der Waals surface area contributed by atoms with E-state index in [1.54, 1.807) is 18.2 Å². The van der Waals surface area contributed by atoms with E-state index in [9.17, 15) is 8.42 Å². The Balaban J connectivity index is 1.58. The van der Waals surface area contributed by atoms with Gasteiger partial charge in [0.25, 0.3) is 0 Å². The highest BCUT2D eigenvalue weighted by Crippen LogP contribution is 2.23. The molecule has 0 unspecified atom stereocenters. The Kier molecular flexibility index (Phi) is 6.69. The number of piperidine rings is 1. The third-order valence-electron chi connectivity index (χ3n) is 4.48. The molecular formula is C19H26N4O4S. The highest BCUT2D eigenvalue weighted by Gasteiger charge is 2.18. The summed E-state index contributed by atoms with van der Waals surface area (Å²) < 4.78 is 38.2. The van der Waals surface area contributed by atoms with E-state index < -0.39 is 10.0 Å². The molecule has 1 aromatic carbocycles. The summed E-state index contributed by atoms with van der Waals surface area (Å²) in [5.74, 6) is 2.24. The van der Waals surface area contributed by atoms with Crippen LogP contribution in [0.15, 0.2) is 35.2 Å². The zero-order chi connectivity index (χ0) is 20.0. The Bertz CT molecular complexity index is 899. The van der Waals surface area contributed by atoms with Crippen LogP contribution in [-0.2, 0) is 10.0 Å². The fourth-order valence-electron chi connectivity index (χ4n) is 3.13. The van der Waals surface area contributed by atoms with Crippen molar-refractivity contribution in [2.75, 3.05) is 38.3 Å². The Morgan fingerprint density at radius 3 is 2.64 bits per heavy atom. The first-order chi connectivity index (χ1) is 13.5. The first kappa shape index (κ1) is 20.3. The lowest BCUT2D eigenvalue weighted by Gasteiger charge is -2.28. The molecule has 2 aromatic rings. The molecule has 1 fully saturated rings.